The van der Waals surface area contributed by atoms with Crippen LogP contribution in [-0.4, -0.2) is 37.6 Å². The van der Waals surface area contributed by atoms with Crippen LogP contribution in [-0.2, 0) is 0 Å². The summed E-state index contributed by atoms with van der Waals surface area (Å²) < 4.78 is 0. The molecule has 2 atom stereocenters. The predicted molar refractivity (Wildman–Crippen MR) is 65.0 cm³/mol. The predicted octanol–water partition coefficient (Wildman–Crippen LogP) is 1.96. The van der Waals surface area contributed by atoms with Gasteiger partial charge in [0.1, 0.15) is 0 Å². The lowest BCUT2D eigenvalue weighted by molar-refractivity contribution is 0.217. The fourth-order valence-electron chi connectivity index (χ4n) is 2.94. The van der Waals surface area contributed by atoms with Crippen molar-refractivity contribution in [3.05, 3.63) is 0 Å². The van der Waals surface area contributed by atoms with Crippen LogP contribution < -0.4 is 5.32 Å². The van der Waals surface area contributed by atoms with Crippen molar-refractivity contribution in [3.63, 3.8) is 0 Å². The van der Waals surface area contributed by atoms with Crippen LogP contribution in [0.5, 0.6) is 0 Å². The van der Waals surface area contributed by atoms with Crippen LogP contribution in [0.15, 0.2) is 0 Å². The van der Waals surface area contributed by atoms with Crippen molar-refractivity contribution >= 4 is 0 Å². The van der Waals surface area contributed by atoms with E-state index < -0.39 is 0 Å². The first-order valence-corrected chi connectivity index (χ1v) is 6.49. The third-order valence-electron chi connectivity index (χ3n) is 4.18. The van der Waals surface area contributed by atoms with E-state index in [0.717, 1.165) is 11.8 Å². The Bertz CT molecular complexity index is 201. The Hall–Kier alpha value is -0.0800. The maximum absolute atomic E-state index is 3.46. The largest absolute Gasteiger partial charge is 0.316 e. The number of nitrogens with one attached hydrogen (secondary N) is 1. The minimum atomic E-state index is 0.503. The highest BCUT2D eigenvalue weighted by Crippen LogP contribution is 2.33. The fourth-order valence-corrected chi connectivity index (χ4v) is 2.94. The molecule has 2 saturated heterocycles. The molecule has 0 aromatic carbocycles. The van der Waals surface area contributed by atoms with E-state index in [1.54, 1.807) is 0 Å². The minimum Gasteiger partial charge on any atom is -0.316 e. The SMILES string of the molecule is CC(C)(C)C1CCN(CC2CCNC2)C1. The van der Waals surface area contributed by atoms with Crippen molar-refractivity contribution in [2.75, 3.05) is 32.7 Å². The van der Waals surface area contributed by atoms with Gasteiger partial charge >= 0.3 is 0 Å². The van der Waals surface area contributed by atoms with Crippen molar-refractivity contribution in [1.82, 2.24) is 10.2 Å². The highest BCUT2D eigenvalue weighted by molar-refractivity contribution is 4.85. The zero-order valence-corrected chi connectivity index (χ0v) is 10.6. The van der Waals surface area contributed by atoms with Crippen LogP contribution in [0.1, 0.15) is 33.6 Å². The molecule has 0 aromatic heterocycles. The van der Waals surface area contributed by atoms with Crippen molar-refractivity contribution in [2.24, 2.45) is 17.3 Å². The van der Waals surface area contributed by atoms with E-state index in [2.05, 4.69) is 31.0 Å². The maximum Gasteiger partial charge on any atom is 0.00224 e. The average molecular weight is 210 g/mol. The van der Waals surface area contributed by atoms with Crippen LogP contribution in [0, 0.1) is 17.3 Å². The van der Waals surface area contributed by atoms with E-state index in [9.17, 15) is 0 Å². The van der Waals surface area contributed by atoms with Gasteiger partial charge in [-0.1, -0.05) is 20.8 Å². The summed E-state index contributed by atoms with van der Waals surface area (Å²) in [7, 11) is 0. The third kappa shape index (κ3) is 2.94. The van der Waals surface area contributed by atoms with Gasteiger partial charge in [0.15, 0.2) is 0 Å². The second-order valence-electron chi connectivity index (χ2n) is 6.47. The van der Waals surface area contributed by atoms with E-state index in [-0.39, 0.29) is 0 Å². The average Bonchev–Trinajstić information content (AvgIpc) is 2.73. The topological polar surface area (TPSA) is 15.3 Å². The van der Waals surface area contributed by atoms with Gasteiger partial charge in [0, 0.05) is 13.1 Å². The molecule has 0 aromatic rings. The maximum atomic E-state index is 3.46. The first kappa shape index (κ1) is 11.4. The monoisotopic (exact) mass is 210 g/mol. The first-order chi connectivity index (χ1) is 7.05. The molecule has 1 N–H and O–H groups in total. The molecule has 2 rings (SSSR count). The zero-order chi connectivity index (χ0) is 10.9. The van der Waals surface area contributed by atoms with E-state index in [0.29, 0.717) is 5.41 Å². The highest BCUT2D eigenvalue weighted by Gasteiger charge is 2.32. The molecule has 0 bridgehead atoms. The molecule has 2 aliphatic heterocycles. The molecular weight excluding hydrogens is 184 g/mol. The van der Waals surface area contributed by atoms with E-state index in [1.807, 2.05) is 0 Å². The Labute approximate surface area is 94.4 Å². The normalized spacial score (nSPS) is 33.8. The lowest BCUT2D eigenvalue weighted by Gasteiger charge is -2.27. The second kappa shape index (κ2) is 4.42. The quantitative estimate of drug-likeness (QED) is 0.749. The second-order valence-corrected chi connectivity index (χ2v) is 6.47. The van der Waals surface area contributed by atoms with Crippen LogP contribution >= 0.6 is 0 Å². The minimum absolute atomic E-state index is 0.503. The summed E-state index contributed by atoms with van der Waals surface area (Å²) >= 11 is 0. The molecular formula is C13H26N2. The van der Waals surface area contributed by atoms with Gasteiger partial charge in [0.25, 0.3) is 0 Å². The molecule has 0 amide bonds. The van der Waals surface area contributed by atoms with Gasteiger partial charge in [-0.2, -0.15) is 0 Å². The van der Waals surface area contributed by atoms with Crippen LogP contribution in [0.3, 0.4) is 0 Å². The summed E-state index contributed by atoms with van der Waals surface area (Å²) in [6.45, 7) is 13.6. The number of nitrogens with zero attached hydrogens (tertiary/aromatic N) is 1. The molecule has 2 heteroatoms. The van der Waals surface area contributed by atoms with Crippen molar-refractivity contribution < 1.29 is 0 Å². The summed E-state index contributed by atoms with van der Waals surface area (Å²) in [4.78, 5) is 2.69. The van der Waals surface area contributed by atoms with Crippen LogP contribution in [0.4, 0.5) is 0 Å². The van der Waals surface area contributed by atoms with Gasteiger partial charge in [-0.05, 0) is 49.7 Å². The molecule has 88 valence electrons. The highest BCUT2D eigenvalue weighted by atomic mass is 15.2. The van der Waals surface area contributed by atoms with Gasteiger partial charge in [-0.3, -0.25) is 0 Å². The summed E-state index contributed by atoms with van der Waals surface area (Å²) in [6.07, 6.45) is 2.79. The number of hydrogen-bond donors (Lipinski definition) is 1. The van der Waals surface area contributed by atoms with Crippen LogP contribution in [0.2, 0.25) is 0 Å². The Morgan fingerprint density at radius 3 is 2.60 bits per heavy atom. The number of hydrogen-bond acceptors (Lipinski definition) is 2. The molecule has 2 aliphatic rings. The lowest BCUT2D eigenvalue weighted by atomic mass is 9.80. The molecule has 2 unspecified atom stereocenters. The zero-order valence-electron chi connectivity index (χ0n) is 10.6. The molecule has 2 heterocycles. The van der Waals surface area contributed by atoms with Gasteiger partial charge < -0.3 is 10.2 Å². The molecule has 0 spiro atoms. The molecule has 2 nitrogen and oxygen atoms in total. The fraction of sp³-hybridized carbons (Fsp3) is 1.00. The van der Waals surface area contributed by atoms with Crippen LogP contribution in [0.25, 0.3) is 0 Å². The van der Waals surface area contributed by atoms with Gasteiger partial charge in [-0.25, -0.2) is 0 Å². The van der Waals surface area contributed by atoms with Gasteiger partial charge in [0.05, 0.1) is 0 Å². The Morgan fingerprint density at radius 2 is 2.07 bits per heavy atom. The molecule has 0 aliphatic carbocycles. The van der Waals surface area contributed by atoms with E-state index in [1.165, 1.54) is 45.6 Å². The standard InChI is InChI=1S/C13H26N2/c1-13(2,3)12-5-7-15(10-12)9-11-4-6-14-8-11/h11-12,14H,4-10H2,1-3H3. The molecule has 2 fully saturated rings. The Balaban J connectivity index is 1.77. The summed E-state index contributed by atoms with van der Waals surface area (Å²) in [5.74, 6) is 1.83. The number of rotatable bonds is 2. The van der Waals surface area contributed by atoms with Crippen molar-refractivity contribution in [1.29, 1.82) is 0 Å². The Kier molecular flexibility index (Phi) is 3.36. The van der Waals surface area contributed by atoms with E-state index >= 15 is 0 Å². The van der Waals surface area contributed by atoms with Crippen molar-refractivity contribution in [2.45, 2.75) is 33.6 Å². The summed E-state index contributed by atoms with van der Waals surface area (Å²) in [5.41, 5.74) is 0.503. The third-order valence-corrected chi connectivity index (χ3v) is 4.18. The molecule has 0 radical (unpaired) electrons. The molecule has 0 saturated carbocycles. The Morgan fingerprint density at radius 1 is 1.27 bits per heavy atom. The number of likely N-dealkylation sites (tertiary alicyclic amines) is 1. The van der Waals surface area contributed by atoms with Gasteiger partial charge in [0.2, 0.25) is 0 Å². The summed E-state index contributed by atoms with van der Waals surface area (Å²) in [5, 5.41) is 3.46. The summed E-state index contributed by atoms with van der Waals surface area (Å²) in [6, 6.07) is 0. The smallest absolute Gasteiger partial charge is 0.00224 e. The van der Waals surface area contributed by atoms with Gasteiger partial charge in [-0.15, -0.1) is 0 Å². The first-order valence-electron chi connectivity index (χ1n) is 6.49. The van der Waals surface area contributed by atoms with E-state index in [4.69, 9.17) is 0 Å². The van der Waals surface area contributed by atoms with Crippen molar-refractivity contribution in [3.8, 4) is 0 Å². The molecule has 15 heavy (non-hydrogen) atoms. The lowest BCUT2D eigenvalue weighted by Crippen LogP contribution is -2.30.